The predicted molar refractivity (Wildman–Crippen MR) is 309 cm³/mol. The Kier molecular flexibility index (Phi) is 53.0. The average molecular weight is 1020 g/mol. The molecular weight excluding hydrogens is 900 g/mol. The highest BCUT2D eigenvalue weighted by Gasteiger charge is 2.27. The van der Waals surface area contributed by atoms with Crippen molar-refractivity contribution < 1.29 is 32.9 Å². The quantitative estimate of drug-likeness (QED) is 0.0243. The number of nitrogens with one attached hydrogen (secondary N) is 1. The third kappa shape index (κ3) is 56.5. The monoisotopic (exact) mass is 1020 g/mol. The minimum Gasteiger partial charge on any atom is -0.387 e. The second-order valence-corrected chi connectivity index (χ2v) is 24.2. The van der Waals surface area contributed by atoms with Gasteiger partial charge in [-0.1, -0.05) is 289 Å². The maximum Gasteiger partial charge on any atom is 0.472 e. The molecule has 0 fully saturated rings. The molecule has 8 nitrogen and oxygen atoms in total. The maximum atomic E-state index is 13.0. The van der Waals surface area contributed by atoms with E-state index in [9.17, 15) is 19.4 Å². The number of nitrogens with zero attached hydrogens (tertiary/aromatic N) is 1. The summed E-state index contributed by atoms with van der Waals surface area (Å²) in [6.07, 6.45) is 68.7. The van der Waals surface area contributed by atoms with Gasteiger partial charge in [-0.15, -0.1) is 0 Å². The molecule has 1 amide bonds. The van der Waals surface area contributed by atoms with Crippen molar-refractivity contribution in [2.75, 3.05) is 40.9 Å². The summed E-state index contributed by atoms with van der Waals surface area (Å²) in [4.78, 5) is 23.3. The number of rotatable bonds is 58. The lowest BCUT2D eigenvalue weighted by molar-refractivity contribution is -0.870. The normalized spacial score (nSPS) is 14.0. The van der Waals surface area contributed by atoms with Crippen LogP contribution in [0.4, 0.5) is 0 Å². The fourth-order valence-electron chi connectivity index (χ4n) is 9.51. The van der Waals surface area contributed by atoms with Crippen molar-refractivity contribution in [1.82, 2.24) is 5.32 Å². The van der Waals surface area contributed by atoms with Gasteiger partial charge < -0.3 is 19.8 Å². The molecule has 71 heavy (non-hydrogen) atoms. The molecule has 3 atom stereocenters. The fraction of sp³-hybridized carbons (Fsp3) is 0.919. The molecule has 0 aliphatic rings. The molecule has 3 N–H and O–H groups in total. The summed E-state index contributed by atoms with van der Waals surface area (Å²) < 4.78 is 23.7. The summed E-state index contributed by atoms with van der Waals surface area (Å²) in [7, 11) is 1.59. The van der Waals surface area contributed by atoms with E-state index in [0.29, 0.717) is 17.4 Å². The summed E-state index contributed by atoms with van der Waals surface area (Å²) in [5, 5.41) is 14.0. The first-order chi connectivity index (χ1) is 34.5. The van der Waals surface area contributed by atoms with Gasteiger partial charge in [-0.25, -0.2) is 4.57 Å². The molecule has 0 spiro atoms. The number of unbranched alkanes of at least 4 members (excludes halogenated alkanes) is 43. The fourth-order valence-corrected chi connectivity index (χ4v) is 10.2. The highest BCUT2D eigenvalue weighted by atomic mass is 31.2. The molecule has 0 bridgehead atoms. The van der Waals surface area contributed by atoms with Crippen LogP contribution in [0.1, 0.15) is 316 Å². The summed E-state index contributed by atoms with van der Waals surface area (Å²) >= 11 is 0. The van der Waals surface area contributed by atoms with Gasteiger partial charge in [0.05, 0.1) is 39.9 Å². The van der Waals surface area contributed by atoms with Crippen LogP contribution >= 0.6 is 7.82 Å². The molecule has 422 valence electrons. The van der Waals surface area contributed by atoms with E-state index in [1.54, 1.807) is 6.08 Å². The number of quaternary nitrogens is 1. The van der Waals surface area contributed by atoms with E-state index in [0.717, 1.165) is 32.1 Å². The van der Waals surface area contributed by atoms with Gasteiger partial charge in [0.15, 0.2) is 0 Å². The Morgan fingerprint density at radius 3 is 1.08 bits per heavy atom. The van der Waals surface area contributed by atoms with Crippen molar-refractivity contribution in [2.45, 2.75) is 328 Å². The van der Waals surface area contributed by atoms with Crippen molar-refractivity contribution in [1.29, 1.82) is 0 Å². The number of allylic oxidation sites excluding steroid dienone is 3. The summed E-state index contributed by atoms with van der Waals surface area (Å²) in [6.45, 7) is 4.87. The molecule has 9 heteroatoms. The highest BCUT2D eigenvalue weighted by Crippen LogP contribution is 2.43. The van der Waals surface area contributed by atoms with Gasteiger partial charge >= 0.3 is 7.82 Å². The van der Waals surface area contributed by atoms with Gasteiger partial charge in [0.2, 0.25) is 5.91 Å². The third-order valence-electron chi connectivity index (χ3n) is 14.4. The van der Waals surface area contributed by atoms with Crippen LogP contribution in [-0.4, -0.2) is 73.4 Å². The van der Waals surface area contributed by atoms with Crippen molar-refractivity contribution in [3.8, 4) is 0 Å². The van der Waals surface area contributed by atoms with Crippen LogP contribution in [0, 0.1) is 0 Å². The standard InChI is InChI=1S/C62H123N2O6P/c1-6-8-10-12-14-16-18-20-22-24-26-27-28-29-30-31-32-33-34-35-36-38-40-42-44-46-48-50-52-54-56-62(66)63-60(59-70-71(67,68)69-58-57-64(3,4)5)61(65)55-53-51-49-47-45-43-41-39-37-25-23-21-19-17-15-13-11-9-7-2/h29-30,53,55,60-61,65H,6-28,31-52,54,56-59H2,1-5H3,(H-,63,66,67,68)/p+1/b30-29-,55-53+. The summed E-state index contributed by atoms with van der Waals surface area (Å²) in [5.74, 6) is -0.171. The van der Waals surface area contributed by atoms with E-state index >= 15 is 0 Å². The zero-order valence-corrected chi connectivity index (χ0v) is 49.1. The number of amides is 1. The van der Waals surface area contributed by atoms with Crippen LogP contribution in [0.5, 0.6) is 0 Å². The lowest BCUT2D eigenvalue weighted by atomic mass is 10.0. The van der Waals surface area contributed by atoms with Crippen LogP contribution < -0.4 is 5.32 Å². The Morgan fingerprint density at radius 2 is 0.761 bits per heavy atom. The van der Waals surface area contributed by atoms with Gasteiger partial charge in [-0.2, -0.15) is 0 Å². The Labute approximate surface area is 443 Å². The van der Waals surface area contributed by atoms with Crippen molar-refractivity contribution in [2.24, 2.45) is 0 Å². The SMILES string of the molecule is CCCCCCCCCCCCCC/C=C\CCCCCCCCCCCCCCCCC(=O)NC(COP(=O)(O)OCC[N+](C)(C)C)C(O)/C=C/CCCCCCCCCCCCCCCCCCC. The van der Waals surface area contributed by atoms with Gasteiger partial charge in [0.1, 0.15) is 13.2 Å². The second kappa shape index (κ2) is 53.8. The van der Waals surface area contributed by atoms with Crippen LogP contribution in [0.3, 0.4) is 0 Å². The Bertz CT molecular complexity index is 1210. The number of phosphoric ester groups is 1. The first-order valence-corrected chi connectivity index (χ1v) is 32.7. The smallest absolute Gasteiger partial charge is 0.387 e. The Morgan fingerprint density at radius 1 is 0.465 bits per heavy atom. The zero-order chi connectivity index (χ0) is 52.0. The van der Waals surface area contributed by atoms with Crippen LogP contribution in [0.15, 0.2) is 24.3 Å². The van der Waals surface area contributed by atoms with Crippen molar-refractivity contribution in [3.63, 3.8) is 0 Å². The predicted octanol–water partition coefficient (Wildman–Crippen LogP) is 19.2. The second-order valence-electron chi connectivity index (χ2n) is 22.8. The molecule has 0 rings (SSSR count). The molecule has 0 aliphatic heterocycles. The maximum absolute atomic E-state index is 13.0. The lowest BCUT2D eigenvalue weighted by Gasteiger charge is -2.25. The number of carbonyl (C=O) groups excluding carboxylic acids is 1. The van der Waals surface area contributed by atoms with E-state index < -0.39 is 20.0 Å². The average Bonchev–Trinajstić information content (AvgIpc) is 3.33. The molecule has 0 saturated heterocycles. The van der Waals surface area contributed by atoms with Gasteiger partial charge in [0, 0.05) is 6.42 Å². The lowest BCUT2D eigenvalue weighted by Crippen LogP contribution is -2.45. The molecular formula is C62H124N2O6P+. The number of hydrogen-bond donors (Lipinski definition) is 3. The topological polar surface area (TPSA) is 105 Å². The first-order valence-electron chi connectivity index (χ1n) is 31.2. The van der Waals surface area contributed by atoms with Crippen molar-refractivity contribution >= 4 is 13.7 Å². The summed E-state index contributed by atoms with van der Waals surface area (Å²) in [5.41, 5.74) is 0. The Balaban J connectivity index is 4.08. The molecule has 0 saturated carbocycles. The minimum atomic E-state index is -4.35. The summed E-state index contributed by atoms with van der Waals surface area (Å²) in [6, 6.07) is -0.845. The number of carbonyl (C=O) groups is 1. The zero-order valence-electron chi connectivity index (χ0n) is 48.2. The van der Waals surface area contributed by atoms with Crippen LogP contribution in [0.25, 0.3) is 0 Å². The van der Waals surface area contributed by atoms with E-state index in [-0.39, 0.29) is 19.1 Å². The molecule has 0 aliphatic carbocycles. The van der Waals surface area contributed by atoms with E-state index in [1.807, 2.05) is 27.2 Å². The number of aliphatic hydroxyl groups excluding tert-OH is 1. The number of aliphatic hydroxyl groups is 1. The molecule has 3 unspecified atom stereocenters. The molecule has 0 aromatic heterocycles. The Hall–Kier alpha value is -1.02. The van der Waals surface area contributed by atoms with Crippen LogP contribution in [0.2, 0.25) is 0 Å². The van der Waals surface area contributed by atoms with Gasteiger partial charge in [-0.3, -0.25) is 13.8 Å². The molecule has 0 aromatic rings. The molecule has 0 heterocycles. The van der Waals surface area contributed by atoms with Gasteiger partial charge in [0.25, 0.3) is 0 Å². The third-order valence-corrected chi connectivity index (χ3v) is 15.4. The van der Waals surface area contributed by atoms with Crippen LogP contribution in [-0.2, 0) is 18.4 Å². The van der Waals surface area contributed by atoms with E-state index in [4.69, 9.17) is 9.05 Å². The van der Waals surface area contributed by atoms with Crippen molar-refractivity contribution in [3.05, 3.63) is 24.3 Å². The molecule has 0 aromatic carbocycles. The van der Waals surface area contributed by atoms with E-state index in [1.165, 1.54) is 263 Å². The number of likely N-dealkylation sites (N-methyl/N-ethyl adjacent to an activating group) is 1. The number of phosphoric acid groups is 1. The highest BCUT2D eigenvalue weighted by molar-refractivity contribution is 7.47. The van der Waals surface area contributed by atoms with Gasteiger partial charge in [-0.05, 0) is 44.9 Å². The largest absolute Gasteiger partial charge is 0.472 e. The molecule has 0 radical (unpaired) electrons. The number of hydrogen-bond acceptors (Lipinski definition) is 5. The van der Waals surface area contributed by atoms with E-state index in [2.05, 4.69) is 31.3 Å². The minimum absolute atomic E-state index is 0.0637. The first kappa shape index (κ1) is 70.0.